The van der Waals surface area contributed by atoms with Crippen molar-refractivity contribution in [1.29, 1.82) is 0 Å². The number of hydrogen-bond acceptors (Lipinski definition) is 1. The minimum atomic E-state index is -0.615. The number of fused-ring (bicyclic) bond motifs is 1. The maximum atomic E-state index is 14.0. The zero-order valence-electron chi connectivity index (χ0n) is 10.8. The summed E-state index contributed by atoms with van der Waals surface area (Å²) >= 11 is 5.73. The van der Waals surface area contributed by atoms with Gasteiger partial charge in [0.05, 0.1) is 16.7 Å². The summed E-state index contributed by atoms with van der Waals surface area (Å²) in [4.78, 5) is 4.31. The molecular weight excluding hydrogens is 301 g/mol. The van der Waals surface area contributed by atoms with E-state index in [2.05, 4.69) is 4.98 Å². The van der Waals surface area contributed by atoms with Crippen molar-refractivity contribution in [2.24, 2.45) is 0 Å². The second-order valence-electron chi connectivity index (χ2n) is 4.53. The molecule has 6 heteroatoms. The highest BCUT2D eigenvalue weighted by Crippen LogP contribution is 2.25. The van der Waals surface area contributed by atoms with Gasteiger partial charge in [-0.3, -0.25) is 4.57 Å². The lowest BCUT2D eigenvalue weighted by Crippen LogP contribution is -2.05. The van der Waals surface area contributed by atoms with Crippen LogP contribution < -0.4 is 0 Å². The summed E-state index contributed by atoms with van der Waals surface area (Å²) in [6.45, 7) is 0. The number of halogens is 4. The SMILES string of the molecule is Fc1ccc(F)c(-n2c(CCCl)nc3ccc(F)cc32)c1. The summed E-state index contributed by atoms with van der Waals surface area (Å²) in [6, 6.07) is 7.12. The largest absolute Gasteiger partial charge is 0.293 e. The maximum absolute atomic E-state index is 14.0. The van der Waals surface area contributed by atoms with Crippen LogP contribution >= 0.6 is 11.6 Å². The molecule has 0 aliphatic rings. The van der Waals surface area contributed by atoms with Crippen molar-refractivity contribution in [2.75, 3.05) is 5.88 Å². The molecule has 1 aromatic heterocycles. The Morgan fingerprint density at radius 1 is 1.00 bits per heavy atom. The number of imidazole rings is 1. The van der Waals surface area contributed by atoms with Crippen LogP contribution in [-0.4, -0.2) is 15.4 Å². The van der Waals surface area contributed by atoms with Gasteiger partial charge in [-0.1, -0.05) is 0 Å². The number of aryl methyl sites for hydroxylation is 1. The van der Waals surface area contributed by atoms with Crippen molar-refractivity contribution in [1.82, 2.24) is 9.55 Å². The van der Waals surface area contributed by atoms with Crippen molar-refractivity contribution < 1.29 is 13.2 Å². The lowest BCUT2D eigenvalue weighted by atomic mass is 10.2. The molecule has 0 unspecified atom stereocenters. The monoisotopic (exact) mass is 310 g/mol. The van der Waals surface area contributed by atoms with Crippen LogP contribution in [0.1, 0.15) is 5.82 Å². The fourth-order valence-corrected chi connectivity index (χ4v) is 2.45. The predicted molar refractivity (Wildman–Crippen MR) is 75.4 cm³/mol. The van der Waals surface area contributed by atoms with E-state index in [9.17, 15) is 13.2 Å². The Bertz CT molecular complexity index is 814. The van der Waals surface area contributed by atoms with E-state index in [-0.39, 0.29) is 11.6 Å². The van der Waals surface area contributed by atoms with Gasteiger partial charge in [-0.15, -0.1) is 11.6 Å². The molecule has 0 saturated heterocycles. The van der Waals surface area contributed by atoms with Crippen LogP contribution in [0.5, 0.6) is 0 Å². The molecule has 108 valence electrons. The number of aromatic nitrogens is 2. The van der Waals surface area contributed by atoms with E-state index in [1.54, 1.807) is 0 Å². The molecule has 0 N–H and O–H groups in total. The summed E-state index contributed by atoms with van der Waals surface area (Å²) in [7, 11) is 0. The maximum Gasteiger partial charge on any atom is 0.147 e. The van der Waals surface area contributed by atoms with Crippen molar-refractivity contribution >= 4 is 22.6 Å². The van der Waals surface area contributed by atoms with Crippen molar-refractivity contribution in [3.05, 3.63) is 59.7 Å². The number of rotatable bonds is 3. The Morgan fingerprint density at radius 3 is 2.48 bits per heavy atom. The van der Waals surface area contributed by atoms with E-state index in [1.807, 2.05) is 0 Å². The third-order valence-corrected chi connectivity index (χ3v) is 3.34. The number of nitrogens with zero attached hydrogens (tertiary/aromatic N) is 2. The van der Waals surface area contributed by atoms with Gasteiger partial charge in [-0.05, 0) is 24.3 Å². The molecule has 0 amide bonds. The van der Waals surface area contributed by atoms with Gasteiger partial charge in [-0.25, -0.2) is 18.2 Å². The molecule has 0 saturated carbocycles. The van der Waals surface area contributed by atoms with E-state index >= 15 is 0 Å². The van der Waals surface area contributed by atoms with Crippen LogP contribution in [0.2, 0.25) is 0 Å². The van der Waals surface area contributed by atoms with Gasteiger partial charge in [0.25, 0.3) is 0 Å². The second kappa shape index (κ2) is 5.41. The van der Waals surface area contributed by atoms with Crippen LogP contribution in [-0.2, 0) is 6.42 Å². The lowest BCUT2D eigenvalue weighted by molar-refractivity contribution is 0.591. The highest BCUT2D eigenvalue weighted by atomic mass is 35.5. The molecule has 0 radical (unpaired) electrons. The third kappa shape index (κ3) is 2.49. The molecule has 0 spiro atoms. The molecule has 2 aromatic carbocycles. The second-order valence-corrected chi connectivity index (χ2v) is 4.91. The molecule has 1 heterocycles. The number of alkyl halides is 1. The van der Waals surface area contributed by atoms with E-state index in [4.69, 9.17) is 11.6 Å². The highest BCUT2D eigenvalue weighted by molar-refractivity contribution is 6.17. The third-order valence-electron chi connectivity index (χ3n) is 3.15. The van der Waals surface area contributed by atoms with Gasteiger partial charge in [0.1, 0.15) is 23.3 Å². The van der Waals surface area contributed by atoms with Crippen LogP contribution in [0, 0.1) is 17.5 Å². The van der Waals surface area contributed by atoms with Crippen LogP contribution in [0.4, 0.5) is 13.2 Å². The first-order valence-corrected chi connectivity index (χ1v) is 6.82. The van der Waals surface area contributed by atoms with E-state index in [0.717, 1.165) is 18.2 Å². The molecule has 3 aromatic rings. The Kier molecular flexibility index (Phi) is 3.59. The van der Waals surface area contributed by atoms with Gasteiger partial charge in [0.2, 0.25) is 0 Å². The zero-order chi connectivity index (χ0) is 15.0. The summed E-state index contributed by atoms with van der Waals surface area (Å²) in [5.74, 6) is -0.951. The Hall–Kier alpha value is -2.01. The fraction of sp³-hybridized carbons (Fsp3) is 0.133. The summed E-state index contributed by atoms with van der Waals surface area (Å²) in [5.41, 5.74) is 0.864. The zero-order valence-corrected chi connectivity index (χ0v) is 11.5. The summed E-state index contributed by atoms with van der Waals surface area (Å²) < 4.78 is 42.3. The van der Waals surface area contributed by atoms with Gasteiger partial charge < -0.3 is 0 Å². The average Bonchev–Trinajstić information content (AvgIpc) is 2.79. The first-order chi connectivity index (χ1) is 10.1. The van der Waals surface area contributed by atoms with Gasteiger partial charge in [0, 0.05) is 24.4 Å². The Balaban J connectivity index is 2.35. The first-order valence-electron chi connectivity index (χ1n) is 6.28. The lowest BCUT2D eigenvalue weighted by Gasteiger charge is -2.10. The minimum Gasteiger partial charge on any atom is -0.293 e. The molecule has 21 heavy (non-hydrogen) atoms. The normalized spacial score (nSPS) is 11.2. The van der Waals surface area contributed by atoms with Crippen molar-refractivity contribution in [2.45, 2.75) is 6.42 Å². The van der Waals surface area contributed by atoms with E-state index in [1.165, 1.54) is 22.8 Å². The Labute approximate surface area is 123 Å². The molecule has 3 rings (SSSR count). The molecule has 0 aliphatic carbocycles. The highest BCUT2D eigenvalue weighted by Gasteiger charge is 2.16. The molecule has 0 aliphatic heterocycles. The van der Waals surface area contributed by atoms with Crippen LogP contribution in [0.15, 0.2) is 36.4 Å². The quantitative estimate of drug-likeness (QED) is 0.662. The van der Waals surface area contributed by atoms with Crippen LogP contribution in [0.3, 0.4) is 0 Å². The molecule has 0 fully saturated rings. The topological polar surface area (TPSA) is 17.8 Å². The molecule has 2 nitrogen and oxygen atoms in total. The van der Waals surface area contributed by atoms with E-state index in [0.29, 0.717) is 23.3 Å². The Morgan fingerprint density at radius 2 is 1.71 bits per heavy atom. The van der Waals surface area contributed by atoms with Gasteiger partial charge in [-0.2, -0.15) is 0 Å². The molecule has 0 bridgehead atoms. The van der Waals surface area contributed by atoms with Crippen molar-refractivity contribution in [3.63, 3.8) is 0 Å². The smallest absolute Gasteiger partial charge is 0.147 e. The fourth-order valence-electron chi connectivity index (χ4n) is 2.28. The van der Waals surface area contributed by atoms with Gasteiger partial charge >= 0.3 is 0 Å². The number of benzene rings is 2. The summed E-state index contributed by atoms with van der Waals surface area (Å²) in [6.07, 6.45) is 0.355. The van der Waals surface area contributed by atoms with Gasteiger partial charge in [0.15, 0.2) is 0 Å². The summed E-state index contributed by atoms with van der Waals surface area (Å²) in [5, 5.41) is 0. The van der Waals surface area contributed by atoms with E-state index < -0.39 is 17.5 Å². The standard InChI is InChI=1S/C15H10ClF3N2/c16-6-5-15-20-12-4-2-10(18)8-14(12)21(15)13-7-9(17)1-3-11(13)19/h1-4,7-8H,5-6H2. The van der Waals surface area contributed by atoms with Crippen molar-refractivity contribution in [3.8, 4) is 5.69 Å². The van der Waals surface area contributed by atoms with Crippen LogP contribution in [0.25, 0.3) is 16.7 Å². The molecular formula is C15H10ClF3N2. The minimum absolute atomic E-state index is 0.0109. The average molecular weight is 311 g/mol. The molecule has 0 atom stereocenters. The first kappa shape index (κ1) is 13.9. The predicted octanol–water partition coefficient (Wildman–Crippen LogP) is 4.22. The number of hydrogen-bond donors (Lipinski definition) is 0.